The quantitative estimate of drug-likeness (QED) is 0.284. The molecular weight excluding hydrogens is 562 g/mol. The van der Waals surface area contributed by atoms with E-state index < -0.39 is 44.8 Å². The van der Waals surface area contributed by atoms with E-state index in [1.165, 1.54) is 34.6 Å². The van der Waals surface area contributed by atoms with Crippen LogP contribution in [-0.4, -0.2) is 98.6 Å². The molecule has 0 radical (unpaired) electrons. The van der Waals surface area contributed by atoms with E-state index in [9.17, 15) is 26.8 Å². The van der Waals surface area contributed by atoms with Crippen LogP contribution in [0.5, 0.6) is 11.5 Å². The molecule has 15 heteroatoms. The Bertz CT molecular complexity index is 1240. The zero-order valence-corrected chi connectivity index (χ0v) is 22.7. The number of carbonyl (C=O) groups excluding carboxylic acids is 2. The molecule has 214 valence electrons. The molecular formula is C24H29ClF2N4O7S. The summed E-state index contributed by atoms with van der Waals surface area (Å²) in [5.41, 5.74) is 1.34. The average molecular weight is 591 g/mol. The molecule has 1 saturated heterocycles. The van der Waals surface area contributed by atoms with E-state index in [0.717, 1.165) is 0 Å². The first-order chi connectivity index (χ1) is 18.5. The van der Waals surface area contributed by atoms with Gasteiger partial charge in [-0.1, -0.05) is 11.6 Å². The normalized spacial score (nSPS) is 14.3. The Kier molecular flexibility index (Phi) is 11.0. The summed E-state index contributed by atoms with van der Waals surface area (Å²) in [7, 11) is -4.66. The Morgan fingerprint density at radius 3 is 2.31 bits per heavy atom. The number of likely N-dealkylation sites (N-methyl/N-ethyl adjacent to an activating group) is 1. The second kappa shape index (κ2) is 14.0. The Balaban J connectivity index is 1.79. The number of hydroxylamine groups is 1. The zero-order valence-electron chi connectivity index (χ0n) is 21.1. The fraction of sp³-hybridized carbons (Fsp3) is 0.417. The molecule has 0 saturated carbocycles. The molecule has 2 aromatic carbocycles. The van der Waals surface area contributed by atoms with Gasteiger partial charge >= 0.3 is 0 Å². The van der Waals surface area contributed by atoms with Crippen LogP contribution in [0.1, 0.15) is 6.92 Å². The molecule has 3 rings (SSSR count). The van der Waals surface area contributed by atoms with Crippen molar-refractivity contribution in [3.63, 3.8) is 0 Å². The van der Waals surface area contributed by atoms with E-state index in [0.29, 0.717) is 47.8 Å². The maximum atomic E-state index is 14.8. The molecule has 2 aromatic rings. The van der Waals surface area contributed by atoms with Crippen LogP contribution in [-0.2, 0) is 24.3 Å². The summed E-state index contributed by atoms with van der Waals surface area (Å²) in [6.07, 6.45) is 0. The highest BCUT2D eigenvalue weighted by molar-refractivity contribution is 7.89. The predicted molar refractivity (Wildman–Crippen MR) is 136 cm³/mol. The van der Waals surface area contributed by atoms with Crippen molar-refractivity contribution in [1.29, 1.82) is 0 Å². The number of nitrogens with one attached hydrogen (secondary N) is 1. The summed E-state index contributed by atoms with van der Waals surface area (Å²) in [4.78, 5) is 27.2. The first-order valence-corrected chi connectivity index (χ1v) is 13.8. The van der Waals surface area contributed by atoms with Crippen molar-refractivity contribution in [2.45, 2.75) is 11.8 Å². The second-order valence-corrected chi connectivity index (χ2v) is 10.9. The summed E-state index contributed by atoms with van der Waals surface area (Å²) in [5, 5.41) is 9.33. The molecule has 0 bridgehead atoms. The molecule has 0 atom stereocenters. The highest BCUT2D eigenvalue weighted by atomic mass is 35.5. The highest BCUT2D eigenvalue weighted by Crippen LogP contribution is 2.31. The summed E-state index contributed by atoms with van der Waals surface area (Å²) >= 11 is 5.79. The van der Waals surface area contributed by atoms with Gasteiger partial charge in [-0.3, -0.25) is 19.7 Å². The van der Waals surface area contributed by atoms with E-state index in [1.54, 1.807) is 6.92 Å². The van der Waals surface area contributed by atoms with Gasteiger partial charge in [-0.05, 0) is 43.3 Å². The van der Waals surface area contributed by atoms with Gasteiger partial charge in [0, 0.05) is 37.7 Å². The number of sulfonamides is 1. The molecule has 2 N–H and O–H groups in total. The van der Waals surface area contributed by atoms with Crippen LogP contribution in [0.3, 0.4) is 0 Å². The van der Waals surface area contributed by atoms with Gasteiger partial charge in [-0.2, -0.15) is 4.31 Å². The van der Waals surface area contributed by atoms with Crippen LogP contribution in [0.15, 0.2) is 41.3 Å². The van der Waals surface area contributed by atoms with Crippen molar-refractivity contribution in [3.8, 4) is 11.5 Å². The standard InChI is InChI=1S/C24H29ClF2N4O7S/c1-2-30(23(33)16-29-9-11-37-12-10-29)7-8-31(15-22(32)28-34)39(35,36)19-13-20(26)24(21(27)14-19)38-18-5-3-17(25)4-6-18/h3-6,13-14,34H,2,7-12,15-16H2,1H3,(H,28,32). The topological polar surface area (TPSA) is 129 Å². The molecule has 39 heavy (non-hydrogen) atoms. The molecule has 1 heterocycles. The van der Waals surface area contributed by atoms with Gasteiger partial charge < -0.3 is 14.4 Å². The van der Waals surface area contributed by atoms with Crippen molar-refractivity contribution in [2.75, 3.05) is 59.0 Å². The number of hydrogen-bond acceptors (Lipinski definition) is 8. The molecule has 0 unspecified atom stereocenters. The maximum Gasteiger partial charge on any atom is 0.258 e. The number of benzene rings is 2. The van der Waals surface area contributed by atoms with Crippen molar-refractivity contribution in [2.24, 2.45) is 0 Å². The number of ether oxygens (including phenoxy) is 2. The predicted octanol–water partition coefficient (Wildman–Crippen LogP) is 2.09. The molecule has 0 spiro atoms. The van der Waals surface area contributed by atoms with Gasteiger partial charge in [-0.15, -0.1) is 0 Å². The van der Waals surface area contributed by atoms with Crippen molar-refractivity contribution in [1.82, 2.24) is 19.6 Å². The van der Waals surface area contributed by atoms with Gasteiger partial charge in [0.25, 0.3) is 5.91 Å². The van der Waals surface area contributed by atoms with Crippen LogP contribution < -0.4 is 10.2 Å². The fourth-order valence-corrected chi connectivity index (χ4v) is 5.31. The highest BCUT2D eigenvalue weighted by Gasteiger charge is 2.30. The number of halogens is 3. The zero-order chi connectivity index (χ0) is 28.6. The minimum atomic E-state index is -4.66. The Morgan fingerprint density at radius 2 is 1.74 bits per heavy atom. The largest absolute Gasteiger partial charge is 0.451 e. The lowest BCUT2D eigenvalue weighted by atomic mass is 10.3. The smallest absolute Gasteiger partial charge is 0.258 e. The van der Waals surface area contributed by atoms with Crippen LogP contribution in [0.4, 0.5) is 8.78 Å². The van der Waals surface area contributed by atoms with Gasteiger partial charge in [0.15, 0.2) is 17.4 Å². The molecule has 2 amide bonds. The van der Waals surface area contributed by atoms with Crippen LogP contribution in [0.2, 0.25) is 5.02 Å². The van der Waals surface area contributed by atoms with E-state index in [1.807, 2.05) is 4.90 Å². The Hall–Kier alpha value is -2.88. The van der Waals surface area contributed by atoms with Crippen molar-refractivity contribution < 1.29 is 41.5 Å². The van der Waals surface area contributed by atoms with Crippen LogP contribution >= 0.6 is 11.6 Å². The lowest BCUT2D eigenvalue weighted by Crippen LogP contribution is -2.48. The third kappa shape index (κ3) is 8.30. The monoisotopic (exact) mass is 590 g/mol. The molecule has 0 aliphatic carbocycles. The second-order valence-electron chi connectivity index (χ2n) is 8.51. The lowest BCUT2D eigenvalue weighted by molar-refractivity contribution is -0.133. The van der Waals surface area contributed by atoms with Crippen LogP contribution in [0, 0.1) is 11.6 Å². The Labute approximate surface area is 229 Å². The maximum absolute atomic E-state index is 14.8. The van der Waals surface area contributed by atoms with E-state index in [4.69, 9.17) is 26.3 Å². The number of rotatable bonds is 12. The summed E-state index contributed by atoms with van der Waals surface area (Å²) in [6.45, 7) is 2.86. The number of carbonyl (C=O) groups is 2. The van der Waals surface area contributed by atoms with Gasteiger partial charge in [0.1, 0.15) is 5.75 Å². The fourth-order valence-electron chi connectivity index (χ4n) is 3.77. The third-order valence-electron chi connectivity index (χ3n) is 5.90. The molecule has 11 nitrogen and oxygen atoms in total. The number of hydrogen-bond donors (Lipinski definition) is 2. The van der Waals surface area contributed by atoms with E-state index >= 15 is 0 Å². The first-order valence-electron chi connectivity index (χ1n) is 12.0. The minimum absolute atomic E-state index is 0.0652. The van der Waals surface area contributed by atoms with Crippen LogP contribution in [0.25, 0.3) is 0 Å². The average Bonchev–Trinajstić information content (AvgIpc) is 2.91. The number of amides is 2. The first kappa shape index (κ1) is 30.7. The minimum Gasteiger partial charge on any atom is -0.451 e. The summed E-state index contributed by atoms with van der Waals surface area (Å²) in [6, 6.07) is 6.77. The Morgan fingerprint density at radius 1 is 1.13 bits per heavy atom. The number of morpholine rings is 1. The molecule has 1 aliphatic rings. The summed E-state index contributed by atoms with van der Waals surface area (Å²) in [5.74, 6) is -4.71. The van der Waals surface area contributed by atoms with Gasteiger partial charge in [0.05, 0.1) is 31.2 Å². The van der Waals surface area contributed by atoms with E-state index in [-0.39, 0.29) is 37.8 Å². The number of nitrogens with zero attached hydrogens (tertiary/aromatic N) is 3. The third-order valence-corrected chi connectivity index (χ3v) is 7.98. The van der Waals surface area contributed by atoms with E-state index in [2.05, 4.69) is 0 Å². The molecule has 0 aromatic heterocycles. The van der Waals surface area contributed by atoms with Gasteiger partial charge in [0.2, 0.25) is 15.9 Å². The summed E-state index contributed by atoms with van der Waals surface area (Å²) < 4.78 is 67.4. The molecule has 1 aliphatic heterocycles. The molecule has 1 fully saturated rings. The SMILES string of the molecule is CCN(CCN(CC(=O)NO)S(=O)(=O)c1cc(F)c(Oc2ccc(Cl)cc2)c(F)c1)C(=O)CN1CCOCC1. The van der Waals surface area contributed by atoms with Crippen molar-refractivity contribution in [3.05, 3.63) is 53.1 Å². The van der Waals surface area contributed by atoms with Crippen molar-refractivity contribution >= 4 is 33.4 Å². The lowest BCUT2D eigenvalue weighted by Gasteiger charge is -2.30. The van der Waals surface area contributed by atoms with Gasteiger partial charge in [-0.25, -0.2) is 22.7 Å².